The van der Waals surface area contributed by atoms with Crippen molar-refractivity contribution in [2.24, 2.45) is 0 Å². The Morgan fingerprint density at radius 3 is 2.09 bits per heavy atom. The second kappa shape index (κ2) is 7.48. The Balaban J connectivity index is 2.02. The van der Waals surface area contributed by atoms with E-state index in [4.69, 9.17) is 14.7 Å². The van der Waals surface area contributed by atoms with Gasteiger partial charge in [0.1, 0.15) is 0 Å². The van der Waals surface area contributed by atoms with Gasteiger partial charge in [0.2, 0.25) is 0 Å². The number of methoxy groups -OCH3 is 2. The molecule has 2 rings (SSSR count). The zero-order valence-corrected chi connectivity index (χ0v) is 13.2. The van der Waals surface area contributed by atoms with E-state index in [-0.39, 0.29) is 0 Å². The lowest BCUT2D eigenvalue weighted by molar-refractivity contribution is 0.316. The van der Waals surface area contributed by atoms with Gasteiger partial charge in [-0.3, -0.25) is 4.90 Å². The Bertz CT molecular complexity index is 660. The topological polar surface area (TPSA) is 45.5 Å². The summed E-state index contributed by atoms with van der Waals surface area (Å²) in [7, 11) is 5.34. The molecule has 0 aliphatic carbocycles. The van der Waals surface area contributed by atoms with Gasteiger partial charge >= 0.3 is 0 Å². The largest absolute Gasteiger partial charge is 0.493 e. The highest BCUT2D eigenvalue weighted by Gasteiger charge is 2.07. The number of hydrogen-bond acceptors (Lipinski definition) is 4. The third-order valence-corrected chi connectivity index (χ3v) is 3.44. The van der Waals surface area contributed by atoms with Crippen LogP contribution in [0.25, 0.3) is 0 Å². The molecule has 0 aliphatic heterocycles. The molecule has 0 aliphatic rings. The van der Waals surface area contributed by atoms with Crippen LogP contribution in [0.15, 0.2) is 42.5 Å². The van der Waals surface area contributed by atoms with Crippen LogP contribution in [0.2, 0.25) is 0 Å². The highest BCUT2D eigenvalue weighted by Crippen LogP contribution is 2.28. The van der Waals surface area contributed by atoms with Gasteiger partial charge in [-0.05, 0) is 42.4 Å². The molecule has 0 bridgehead atoms. The molecule has 0 unspecified atom stereocenters. The van der Waals surface area contributed by atoms with Gasteiger partial charge in [-0.1, -0.05) is 18.2 Å². The first-order chi connectivity index (χ1) is 10.7. The molecule has 2 aromatic carbocycles. The highest BCUT2D eigenvalue weighted by molar-refractivity contribution is 5.42. The van der Waals surface area contributed by atoms with Gasteiger partial charge < -0.3 is 9.47 Å². The minimum absolute atomic E-state index is 0.686. The van der Waals surface area contributed by atoms with Gasteiger partial charge in [0, 0.05) is 13.1 Å². The van der Waals surface area contributed by atoms with E-state index < -0.39 is 0 Å². The lowest BCUT2D eigenvalue weighted by Gasteiger charge is -2.18. The fraction of sp³-hybridized carbons (Fsp3) is 0.278. The van der Waals surface area contributed by atoms with Crippen molar-refractivity contribution in [3.8, 4) is 17.6 Å². The summed E-state index contributed by atoms with van der Waals surface area (Å²) in [6.45, 7) is 1.63. The summed E-state index contributed by atoms with van der Waals surface area (Å²) in [6.07, 6.45) is 0. The molecule has 0 heterocycles. The molecular formula is C18H20N2O2. The van der Waals surface area contributed by atoms with Crippen molar-refractivity contribution in [1.29, 1.82) is 5.26 Å². The van der Waals surface area contributed by atoms with Crippen molar-refractivity contribution in [3.63, 3.8) is 0 Å². The second-order valence-corrected chi connectivity index (χ2v) is 5.17. The first-order valence-corrected chi connectivity index (χ1v) is 7.04. The SMILES string of the molecule is COc1ccc(CN(C)Cc2ccc(C#N)cc2)cc1OC. The predicted octanol–water partition coefficient (Wildman–Crippen LogP) is 3.21. The molecule has 0 fully saturated rings. The standard InChI is InChI=1S/C18H20N2O2/c1-20(12-15-6-4-14(11-19)5-7-15)13-16-8-9-17(21-2)18(10-16)22-3/h4-10H,12-13H2,1-3H3. The predicted molar refractivity (Wildman–Crippen MR) is 85.9 cm³/mol. The van der Waals surface area contributed by atoms with Gasteiger partial charge in [0.25, 0.3) is 0 Å². The summed E-state index contributed by atoms with van der Waals surface area (Å²) in [5.41, 5.74) is 3.03. The van der Waals surface area contributed by atoms with Crippen molar-refractivity contribution >= 4 is 0 Å². The molecule has 22 heavy (non-hydrogen) atoms. The van der Waals surface area contributed by atoms with Crippen molar-refractivity contribution in [1.82, 2.24) is 4.90 Å². The zero-order chi connectivity index (χ0) is 15.9. The van der Waals surface area contributed by atoms with E-state index in [1.165, 1.54) is 5.56 Å². The third kappa shape index (κ3) is 4.00. The average Bonchev–Trinajstić information content (AvgIpc) is 2.55. The van der Waals surface area contributed by atoms with Crippen LogP contribution in [0.1, 0.15) is 16.7 Å². The molecule has 0 N–H and O–H groups in total. The quantitative estimate of drug-likeness (QED) is 0.821. The van der Waals surface area contributed by atoms with Gasteiger partial charge in [-0.15, -0.1) is 0 Å². The van der Waals surface area contributed by atoms with Crippen molar-refractivity contribution < 1.29 is 9.47 Å². The van der Waals surface area contributed by atoms with E-state index in [0.717, 1.165) is 30.2 Å². The molecule has 0 saturated carbocycles. The normalized spacial score (nSPS) is 10.3. The number of nitrogens with zero attached hydrogens (tertiary/aromatic N) is 2. The van der Waals surface area contributed by atoms with E-state index in [1.54, 1.807) is 14.2 Å². The molecule has 114 valence electrons. The molecule has 4 nitrogen and oxygen atoms in total. The molecule has 0 amide bonds. The van der Waals surface area contributed by atoms with Crippen LogP contribution < -0.4 is 9.47 Å². The Kier molecular flexibility index (Phi) is 5.40. The summed E-state index contributed by atoms with van der Waals surface area (Å²) in [4.78, 5) is 2.21. The summed E-state index contributed by atoms with van der Waals surface area (Å²) >= 11 is 0. The second-order valence-electron chi connectivity index (χ2n) is 5.17. The molecular weight excluding hydrogens is 276 g/mol. The van der Waals surface area contributed by atoms with Gasteiger partial charge in [0.15, 0.2) is 11.5 Å². The number of ether oxygens (including phenoxy) is 2. The van der Waals surface area contributed by atoms with Crippen LogP contribution in [0.3, 0.4) is 0 Å². The van der Waals surface area contributed by atoms with Gasteiger partial charge in [-0.2, -0.15) is 5.26 Å². The first kappa shape index (κ1) is 15.9. The van der Waals surface area contributed by atoms with E-state index in [9.17, 15) is 0 Å². The monoisotopic (exact) mass is 296 g/mol. The lowest BCUT2D eigenvalue weighted by Crippen LogP contribution is -2.17. The molecule has 0 saturated heterocycles. The molecule has 0 atom stereocenters. The Labute approximate surface area is 131 Å². The molecule has 0 spiro atoms. The number of rotatable bonds is 6. The minimum atomic E-state index is 0.686. The van der Waals surface area contributed by atoms with E-state index >= 15 is 0 Å². The van der Waals surface area contributed by atoms with E-state index in [0.29, 0.717) is 5.56 Å². The Morgan fingerprint density at radius 2 is 1.50 bits per heavy atom. The summed E-state index contributed by atoms with van der Waals surface area (Å²) < 4.78 is 10.6. The summed E-state index contributed by atoms with van der Waals surface area (Å²) in [5.74, 6) is 1.48. The zero-order valence-electron chi connectivity index (χ0n) is 13.2. The van der Waals surface area contributed by atoms with Crippen LogP contribution in [-0.4, -0.2) is 26.2 Å². The average molecular weight is 296 g/mol. The molecule has 4 heteroatoms. The molecule has 0 radical (unpaired) electrons. The number of nitriles is 1. The van der Waals surface area contributed by atoms with Crippen LogP contribution in [0.5, 0.6) is 11.5 Å². The molecule has 2 aromatic rings. The summed E-state index contributed by atoms with van der Waals surface area (Å²) in [5, 5.41) is 8.81. The maximum atomic E-state index is 8.81. The highest BCUT2D eigenvalue weighted by atomic mass is 16.5. The van der Waals surface area contributed by atoms with Crippen LogP contribution in [0, 0.1) is 11.3 Å². The smallest absolute Gasteiger partial charge is 0.161 e. The maximum absolute atomic E-state index is 8.81. The fourth-order valence-corrected chi connectivity index (χ4v) is 2.34. The Hall–Kier alpha value is -2.51. The van der Waals surface area contributed by atoms with E-state index in [1.807, 2.05) is 42.5 Å². The summed E-state index contributed by atoms with van der Waals surface area (Å²) in [6, 6.07) is 15.8. The van der Waals surface area contributed by atoms with Crippen molar-refractivity contribution in [2.75, 3.05) is 21.3 Å². The van der Waals surface area contributed by atoms with Crippen LogP contribution in [0.4, 0.5) is 0 Å². The number of hydrogen-bond donors (Lipinski definition) is 0. The lowest BCUT2D eigenvalue weighted by atomic mass is 10.1. The third-order valence-electron chi connectivity index (χ3n) is 3.44. The number of benzene rings is 2. The van der Waals surface area contributed by atoms with Crippen LogP contribution >= 0.6 is 0 Å². The first-order valence-electron chi connectivity index (χ1n) is 7.04. The Morgan fingerprint density at radius 1 is 0.909 bits per heavy atom. The maximum Gasteiger partial charge on any atom is 0.161 e. The fourth-order valence-electron chi connectivity index (χ4n) is 2.34. The minimum Gasteiger partial charge on any atom is -0.493 e. The molecule has 0 aromatic heterocycles. The van der Waals surface area contributed by atoms with Gasteiger partial charge in [-0.25, -0.2) is 0 Å². The van der Waals surface area contributed by atoms with Gasteiger partial charge in [0.05, 0.1) is 25.9 Å². The van der Waals surface area contributed by atoms with E-state index in [2.05, 4.69) is 18.0 Å². The van der Waals surface area contributed by atoms with Crippen LogP contribution in [-0.2, 0) is 13.1 Å². The van der Waals surface area contributed by atoms with Crippen molar-refractivity contribution in [3.05, 3.63) is 59.2 Å². The van der Waals surface area contributed by atoms with Crippen molar-refractivity contribution in [2.45, 2.75) is 13.1 Å².